The van der Waals surface area contributed by atoms with Crippen LogP contribution in [0.1, 0.15) is 18.2 Å². The van der Waals surface area contributed by atoms with Crippen LogP contribution in [0.4, 0.5) is 4.39 Å². The van der Waals surface area contributed by atoms with Crippen LogP contribution in [0.15, 0.2) is 51.8 Å². The second-order valence-electron chi connectivity index (χ2n) is 4.19. The molecule has 0 saturated heterocycles. The van der Waals surface area contributed by atoms with E-state index >= 15 is 0 Å². The van der Waals surface area contributed by atoms with E-state index in [9.17, 15) is 4.39 Å². The van der Waals surface area contributed by atoms with Gasteiger partial charge < -0.3 is 10.3 Å². The lowest BCUT2D eigenvalue weighted by Gasteiger charge is -2.03. The summed E-state index contributed by atoms with van der Waals surface area (Å²) in [6, 6.07) is 6.46. The number of aromatic nitrogens is 1. The van der Waals surface area contributed by atoms with Crippen LogP contribution < -0.4 is 5.73 Å². The van der Waals surface area contributed by atoms with Crippen molar-refractivity contribution in [3.05, 3.63) is 64.4 Å². The van der Waals surface area contributed by atoms with E-state index < -0.39 is 5.82 Å². The highest BCUT2D eigenvalue weighted by molar-refractivity contribution is 6.30. The molecule has 0 unspecified atom stereocenters. The van der Waals surface area contributed by atoms with E-state index in [1.807, 2.05) is 0 Å². The minimum Gasteiger partial charge on any atom is -0.402 e. The maximum absolute atomic E-state index is 13.8. The standard InChI is InChI=1S/C14H13ClFN3O/c1-9(17)7-13(12-5-6-20-19-12)18-8-10-3-2-4-11(15)14(10)16/h2-7H,8,17H2,1H3/b9-7-,18-13?. The van der Waals surface area contributed by atoms with Crippen molar-refractivity contribution in [2.75, 3.05) is 0 Å². The summed E-state index contributed by atoms with van der Waals surface area (Å²) in [6.07, 6.45) is 3.09. The average molecular weight is 294 g/mol. The molecule has 0 spiro atoms. The smallest absolute Gasteiger partial charge is 0.146 e. The summed E-state index contributed by atoms with van der Waals surface area (Å²) < 4.78 is 18.6. The van der Waals surface area contributed by atoms with Crippen LogP contribution in [-0.2, 0) is 6.54 Å². The van der Waals surface area contributed by atoms with E-state index in [-0.39, 0.29) is 11.6 Å². The molecular weight excluding hydrogens is 281 g/mol. The average Bonchev–Trinajstić information content (AvgIpc) is 2.92. The first-order valence-electron chi connectivity index (χ1n) is 5.90. The summed E-state index contributed by atoms with van der Waals surface area (Å²) in [7, 11) is 0. The molecule has 1 aromatic heterocycles. The SMILES string of the molecule is C/C(N)=C/C(=NCc1cccc(Cl)c1F)c1ccon1. The van der Waals surface area contributed by atoms with Gasteiger partial charge in [-0.25, -0.2) is 4.39 Å². The Labute approximate surface area is 120 Å². The second kappa shape index (κ2) is 6.34. The number of nitrogens with zero attached hydrogens (tertiary/aromatic N) is 2. The van der Waals surface area contributed by atoms with Crippen LogP contribution in [0.5, 0.6) is 0 Å². The van der Waals surface area contributed by atoms with Crippen molar-refractivity contribution in [2.24, 2.45) is 10.7 Å². The van der Waals surface area contributed by atoms with E-state index in [1.165, 1.54) is 12.3 Å². The Morgan fingerprint density at radius 3 is 2.95 bits per heavy atom. The first kappa shape index (κ1) is 14.3. The van der Waals surface area contributed by atoms with Crippen molar-refractivity contribution in [2.45, 2.75) is 13.5 Å². The van der Waals surface area contributed by atoms with Crippen molar-refractivity contribution in [3.63, 3.8) is 0 Å². The molecule has 0 aliphatic heterocycles. The van der Waals surface area contributed by atoms with Gasteiger partial charge in [-0.15, -0.1) is 0 Å². The number of aliphatic imine (C=N–C) groups is 1. The Morgan fingerprint density at radius 1 is 1.50 bits per heavy atom. The largest absolute Gasteiger partial charge is 0.402 e. The molecule has 0 saturated carbocycles. The number of allylic oxidation sites excluding steroid dienone is 2. The molecule has 104 valence electrons. The van der Waals surface area contributed by atoms with Crippen LogP contribution in [0.2, 0.25) is 5.02 Å². The molecule has 20 heavy (non-hydrogen) atoms. The van der Waals surface area contributed by atoms with Crippen LogP contribution in [0.25, 0.3) is 0 Å². The summed E-state index contributed by atoms with van der Waals surface area (Å²) in [6.45, 7) is 1.87. The maximum atomic E-state index is 13.8. The quantitative estimate of drug-likeness (QED) is 0.880. The lowest BCUT2D eigenvalue weighted by atomic mass is 10.2. The summed E-state index contributed by atoms with van der Waals surface area (Å²) in [5, 5.41) is 3.87. The summed E-state index contributed by atoms with van der Waals surface area (Å²) >= 11 is 5.73. The van der Waals surface area contributed by atoms with E-state index in [0.717, 1.165) is 0 Å². The zero-order valence-corrected chi connectivity index (χ0v) is 11.6. The van der Waals surface area contributed by atoms with Crippen LogP contribution >= 0.6 is 11.6 Å². The third-order valence-electron chi connectivity index (χ3n) is 2.52. The van der Waals surface area contributed by atoms with Crippen molar-refractivity contribution in [1.82, 2.24) is 5.16 Å². The molecule has 0 aliphatic rings. The summed E-state index contributed by atoms with van der Waals surface area (Å²) in [5.41, 5.74) is 7.69. The van der Waals surface area contributed by atoms with E-state index in [2.05, 4.69) is 10.1 Å². The number of hydrogen-bond donors (Lipinski definition) is 1. The highest BCUT2D eigenvalue weighted by Gasteiger charge is 2.08. The molecule has 2 aromatic rings. The van der Waals surface area contributed by atoms with E-state index in [1.54, 1.807) is 31.2 Å². The normalized spacial score (nSPS) is 12.8. The number of hydrogen-bond acceptors (Lipinski definition) is 4. The lowest BCUT2D eigenvalue weighted by molar-refractivity contribution is 0.418. The van der Waals surface area contributed by atoms with Gasteiger partial charge in [0.15, 0.2) is 0 Å². The van der Waals surface area contributed by atoms with Crippen LogP contribution in [0.3, 0.4) is 0 Å². The molecule has 4 nitrogen and oxygen atoms in total. The number of benzene rings is 1. The summed E-state index contributed by atoms with van der Waals surface area (Å²) in [5.74, 6) is -0.467. The predicted octanol–water partition coefficient (Wildman–Crippen LogP) is 3.32. The molecule has 0 amide bonds. The molecule has 1 aromatic carbocycles. The molecule has 0 fully saturated rings. The number of rotatable bonds is 4. The summed E-state index contributed by atoms with van der Waals surface area (Å²) in [4.78, 5) is 4.32. The van der Waals surface area contributed by atoms with Gasteiger partial charge in [-0.05, 0) is 19.1 Å². The highest BCUT2D eigenvalue weighted by Crippen LogP contribution is 2.18. The fraction of sp³-hybridized carbons (Fsp3) is 0.143. The van der Waals surface area contributed by atoms with E-state index in [0.29, 0.717) is 22.7 Å². The molecular formula is C14H13ClFN3O. The Balaban J connectivity index is 2.30. The van der Waals surface area contributed by atoms with Gasteiger partial charge >= 0.3 is 0 Å². The highest BCUT2D eigenvalue weighted by atomic mass is 35.5. The van der Waals surface area contributed by atoms with Crippen molar-refractivity contribution >= 4 is 17.3 Å². The Hall–Kier alpha value is -2.14. The minimum atomic E-state index is -0.467. The Morgan fingerprint density at radius 2 is 2.30 bits per heavy atom. The molecule has 6 heteroatoms. The maximum Gasteiger partial charge on any atom is 0.146 e. The Kier molecular flexibility index (Phi) is 4.53. The molecule has 0 aliphatic carbocycles. The first-order valence-corrected chi connectivity index (χ1v) is 6.27. The van der Waals surface area contributed by atoms with Gasteiger partial charge in [0.05, 0.1) is 17.3 Å². The van der Waals surface area contributed by atoms with Crippen molar-refractivity contribution in [3.8, 4) is 0 Å². The zero-order valence-electron chi connectivity index (χ0n) is 10.8. The second-order valence-corrected chi connectivity index (χ2v) is 4.59. The van der Waals surface area contributed by atoms with Gasteiger partial charge in [0.25, 0.3) is 0 Å². The molecule has 1 heterocycles. The molecule has 0 radical (unpaired) electrons. The molecule has 2 rings (SSSR count). The fourth-order valence-corrected chi connectivity index (χ4v) is 1.80. The Bertz CT molecular complexity index is 646. The van der Waals surface area contributed by atoms with Crippen molar-refractivity contribution < 1.29 is 8.91 Å². The monoisotopic (exact) mass is 293 g/mol. The molecule has 2 N–H and O–H groups in total. The van der Waals surface area contributed by atoms with Gasteiger partial charge in [0, 0.05) is 17.3 Å². The predicted molar refractivity (Wildman–Crippen MR) is 76.1 cm³/mol. The van der Waals surface area contributed by atoms with Gasteiger partial charge in [-0.3, -0.25) is 4.99 Å². The van der Waals surface area contributed by atoms with Crippen LogP contribution in [-0.4, -0.2) is 10.9 Å². The zero-order chi connectivity index (χ0) is 14.5. The molecule has 0 bridgehead atoms. The third kappa shape index (κ3) is 3.45. The number of halogens is 2. The van der Waals surface area contributed by atoms with E-state index in [4.69, 9.17) is 21.9 Å². The van der Waals surface area contributed by atoms with Gasteiger partial charge in [-0.1, -0.05) is 28.9 Å². The minimum absolute atomic E-state index is 0.0752. The topological polar surface area (TPSA) is 64.4 Å². The van der Waals surface area contributed by atoms with Crippen molar-refractivity contribution in [1.29, 1.82) is 0 Å². The first-order chi connectivity index (χ1) is 9.58. The fourth-order valence-electron chi connectivity index (χ4n) is 1.60. The van der Waals surface area contributed by atoms with Crippen LogP contribution in [0, 0.1) is 5.82 Å². The molecule has 0 atom stereocenters. The number of nitrogens with two attached hydrogens (primary N) is 1. The van der Waals surface area contributed by atoms with Gasteiger partial charge in [0.2, 0.25) is 0 Å². The van der Waals surface area contributed by atoms with Gasteiger partial charge in [-0.2, -0.15) is 0 Å². The van der Waals surface area contributed by atoms with Gasteiger partial charge in [0.1, 0.15) is 17.8 Å². The lowest BCUT2D eigenvalue weighted by Crippen LogP contribution is -2.03. The third-order valence-corrected chi connectivity index (χ3v) is 2.81.